The van der Waals surface area contributed by atoms with Crippen LogP contribution in [0.4, 0.5) is 0 Å². The summed E-state index contributed by atoms with van der Waals surface area (Å²) in [6, 6.07) is 11.3. The predicted molar refractivity (Wildman–Crippen MR) is 79.2 cm³/mol. The Morgan fingerprint density at radius 2 is 1.84 bits per heavy atom. The molecular formula is C16H26N2O. The number of hydrogen-bond acceptors (Lipinski definition) is 3. The Labute approximate surface area is 116 Å². The van der Waals surface area contributed by atoms with Gasteiger partial charge in [0, 0.05) is 18.6 Å². The molecule has 0 aliphatic carbocycles. The molecule has 3 heteroatoms. The van der Waals surface area contributed by atoms with E-state index in [0.717, 1.165) is 25.3 Å². The van der Waals surface area contributed by atoms with Gasteiger partial charge in [0.05, 0.1) is 6.61 Å². The van der Waals surface area contributed by atoms with Gasteiger partial charge in [-0.15, -0.1) is 0 Å². The second kappa shape index (κ2) is 7.51. The SMILES string of the molecule is CC1CCCC(C)N1NCCCOc1ccccc1. The van der Waals surface area contributed by atoms with Crippen LogP contribution in [0.15, 0.2) is 30.3 Å². The van der Waals surface area contributed by atoms with Gasteiger partial charge in [-0.1, -0.05) is 24.6 Å². The molecule has 19 heavy (non-hydrogen) atoms. The van der Waals surface area contributed by atoms with Gasteiger partial charge in [-0.05, 0) is 45.2 Å². The normalized spacial score (nSPS) is 24.3. The van der Waals surface area contributed by atoms with Crippen LogP contribution in [0.25, 0.3) is 0 Å². The van der Waals surface area contributed by atoms with Crippen LogP contribution in [-0.4, -0.2) is 30.2 Å². The third-order valence-corrected chi connectivity index (χ3v) is 3.82. The molecule has 1 fully saturated rings. The zero-order valence-electron chi connectivity index (χ0n) is 12.1. The van der Waals surface area contributed by atoms with Crippen molar-refractivity contribution in [3.8, 4) is 5.75 Å². The quantitative estimate of drug-likeness (QED) is 0.797. The van der Waals surface area contributed by atoms with E-state index in [1.807, 2.05) is 30.3 Å². The molecule has 0 aromatic heterocycles. The Morgan fingerprint density at radius 3 is 2.53 bits per heavy atom. The first-order valence-electron chi connectivity index (χ1n) is 7.47. The number of piperidine rings is 1. The summed E-state index contributed by atoms with van der Waals surface area (Å²) < 4.78 is 5.69. The summed E-state index contributed by atoms with van der Waals surface area (Å²) >= 11 is 0. The average Bonchev–Trinajstić information content (AvgIpc) is 2.42. The number of hydrazine groups is 1. The van der Waals surface area contributed by atoms with Crippen LogP contribution >= 0.6 is 0 Å². The predicted octanol–water partition coefficient (Wildman–Crippen LogP) is 3.22. The van der Waals surface area contributed by atoms with Crippen molar-refractivity contribution in [2.45, 2.75) is 51.6 Å². The fraction of sp³-hybridized carbons (Fsp3) is 0.625. The van der Waals surface area contributed by atoms with E-state index in [9.17, 15) is 0 Å². The van der Waals surface area contributed by atoms with Crippen molar-refractivity contribution in [2.75, 3.05) is 13.2 Å². The third-order valence-electron chi connectivity index (χ3n) is 3.82. The zero-order chi connectivity index (χ0) is 13.5. The first kappa shape index (κ1) is 14.4. The minimum absolute atomic E-state index is 0.652. The maximum absolute atomic E-state index is 5.69. The maximum Gasteiger partial charge on any atom is 0.119 e. The molecule has 0 amide bonds. The summed E-state index contributed by atoms with van der Waals surface area (Å²) in [6.45, 7) is 6.38. The van der Waals surface area contributed by atoms with E-state index < -0.39 is 0 Å². The molecular weight excluding hydrogens is 236 g/mol. The topological polar surface area (TPSA) is 24.5 Å². The lowest BCUT2D eigenvalue weighted by Crippen LogP contribution is -2.52. The summed E-state index contributed by atoms with van der Waals surface area (Å²) in [5.41, 5.74) is 3.56. The first-order chi connectivity index (χ1) is 9.27. The summed E-state index contributed by atoms with van der Waals surface area (Å²) in [5.74, 6) is 0.960. The smallest absolute Gasteiger partial charge is 0.119 e. The first-order valence-corrected chi connectivity index (χ1v) is 7.47. The molecule has 1 aliphatic heterocycles. The molecule has 1 aromatic carbocycles. The van der Waals surface area contributed by atoms with Crippen molar-refractivity contribution in [1.82, 2.24) is 10.4 Å². The Hall–Kier alpha value is -1.06. The molecule has 2 rings (SSSR count). The zero-order valence-corrected chi connectivity index (χ0v) is 12.1. The van der Waals surface area contributed by atoms with Crippen molar-refractivity contribution < 1.29 is 4.74 Å². The van der Waals surface area contributed by atoms with Crippen molar-refractivity contribution >= 4 is 0 Å². The highest BCUT2D eigenvalue weighted by Crippen LogP contribution is 2.20. The largest absolute Gasteiger partial charge is 0.494 e. The minimum atomic E-state index is 0.652. The molecule has 2 atom stereocenters. The fourth-order valence-corrected chi connectivity index (χ4v) is 2.72. The second-order valence-electron chi connectivity index (χ2n) is 5.46. The van der Waals surface area contributed by atoms with Crippen LogP contribution in [0, 0.1) is 0 Å². The van der Waals surface area contributed by atoms with Crippen molar-refractivity contribution in [3.05, 3.63) is 30.3 Å². The second-order valence-corrected chi connectivity index (χ2v) is 5.46. The summed E-state index contributed by atoms with van der Waals surface area (Å²) in [6.07, 6.45) is 5.00. The number of nitrogens with one attached hydrogen (secondary N) is 1. The molecule has 106 valence electrons. The lowest BCUT2D eigenvalue weighted by atomic mass is 10.00. The van der Waals surface area contributed by atoms with Gasteiger partial charge in [-0.2, -0.15) is 0 Å². The maximum atomic E-state index is 5.69. The lowest BCUT2D eigenvalue weighted by Gasteiger charge is -2.39. The number of hydrogen-bond donors (Lipinski definition) is 1. The molecule has 3 nitrogen and oxygen atoms in total. The van der Waals surface area contributed by atoms with Gasteiger partial charge in [0.25, 0.3) is 0 Å². The number of nitrogens with zero attached hydrogens (tertiary/aromatic N) is 1. The molecule has 0 bridgehead atoms. The van der Waals surface area contributed by atoms with Crippen LogP contribution in [0.2, 0.25) is 0 Å². The number of ether oxygens (including phenoxy) is 1. The van der Waals surface area contributed by atoms with Gasteiger partial charge in [-0.3, -0.25) is 5.43 Å². The van der Waals surface area contributed by atoms with E-state index in [1.54, 1.807) is 0 Å². The van der Waals surface area contributed by atoms with Crippen molar-refractivity contribution in [3.63, 3.8) is 0 Å². The number of rotatable bonds is 6. The summed E-state index contributed by atoms with van der Waals surface area (Å²) in [5, 5.41) is 2.42. The molecule has 0 radical (unpaired) electrons. The number of benzene rings is 1. The molecule has 1 aliphatic rings. The molecule has 1 heterocycles. The van der Waals surface area contributed by atoms with Gasteiger partial charge in [0.15, 0.2) is 0 Å². The molecule has 1 saturated heterocycles. The van der Waals surface area contributed by atoms with E-state index >= 15 is 0 Å². The molecule has 0 spiro atoms. The molecule has 1 aromatic rings. The van der Waals surface area contributed by atoms with Crippen LogP contribution in [0.1, 0.15) is 39.5 Å². The Bertz CT molecular complexity index is 345. The van der Waals surface area contributed by atoms with E-state index in [2.05, 4.69) is 24.3 Å². The van der Waals surface area contributed by atoms with Gasteiger partial charge in [-0.25, -0.2) is 5.01 Å². The molecule has 2 unspecified atom stereocenters. The summed E-state index contributed by atoms with van der Waals surface area (Å²) in [7, 11) is 0. The Kier molecular flexibility index (Phi) is 5.67. The minimum Gasteiger partial charge on any atom is -0.494 e. The van der Waals surface area contributed by atoms with Gasteiger partial charge < -0.3 is 4.74 Å². The Balaban J connectivity index is 1.61. The average molecular weight is 262 g/mol. The lowest BCUT2D eigenvalue weighted by molar-refractivity contribution is 0.0447. The third kappa shape index (κ3) is 4.51. The van der Waals surface area contributed by atoms with Crippen LogP contribution < -0.4 is 10.2 Å². The van der Waals surface area contributed by atoms with Crippen LogP contribution in [0.5, 0.6) is 5.75 Å². The molecule has 0 saturated carbocycles. The van der Waals surface area contributed by atoms with Crippen LogP contribution in [0.3, 0.4) is 0 Å². The highest BCUT2D eigenvalue weighted by Gasteiger charge is 2.23. The van der Waals surface area contributed by atoms with Gasteiger partial charge in [0.2, 0.25) is 0 Å². The fourth-order valence-electron chi connectivity index (χ4n) is 2.72. The van der Waals surface area contributed by atoms with Crippen LogP contribution in [-0.2, 0) is 0 Å². The van der Waals surface area contributed by atoms with Crippen molar-refractivity contribution in [1.29, 1.82) is 0 Å². The molecule has 1 N–H and O–H groups in total. The van der Waals surface area contributed by atoms with Gasteiger partial charge in [0.1, 0.15) is 5.75 Å². The monoisotopic (exact) mass is 262 g/mol. The van der Waals surface area contributed by atoms with E-state index in [-0.39, 0.29) is 0 Å². The Morgan fingerprint density at radius 1 is 1.16 bits per heavy atom. The summed E-state index contributed by atoms with van der Waals surface area (Å²) in [4.78, 5) is 0. The standard InChI is InChI=1S/C16H26N2O/c1-14-8-6-9-15(2)18(14)17-12-7-13-19-16-10-4-3-5-11-16/h3-5,10-11,14-15,17H,6-9,12-13H2,1-2H3. The van der Waals surface area contributed by atoms with Crippen molar-refractivity contribution in [2.24, 2.45) is 0 Å². The highest BCUT2D eigenvalue weighted by molar-refractivity contribution is 5.20. The van der Waals surface area contributed by atoms with Gasteiger partial charge >= 0.3 is 0 Å². The van der Waals surface area contributed by atoms with E-state index in [1.165, 1.54) is 19.3 Å². The number of para-hydroxylation sites is 1. The van der Waals surface area contributed by atoms with E-state index in [4.69, 9.17) is 4.74 Å². The van der Waals surface area contributed by atoms with E-state index in [0.29, 0.717) is 12.1 Å². The highest BCUT2D eigenvalue weighted by atomic mass is 16.5.